The Bertz CT molecular complexity index is 888. The molecule has 1 N–H and O–H groups in total. The molecule has 0 radical (unpaired) electrons. The van der Waals surface area contributed by atoms with Crippen LogP contribution >= 0.6 is 0 Å². The van der Waals surface area contributed by atoms with Crippen molar-refractivity contribution in [2.24, 2.45) is 11.0 Å². The second-order valence-electron chi connectivity index (χ2n) is 9.37. The maximum absolute atomic E-state index is 6.24. The summed E-state index contributed by atoms with van der Waals surface area (Å²) in [6.07, 6.45) is 3.76. The van der Waals surface area contributed by atoms with Crippen molar-refractivity contribution in [3.63, 3.8) is 0 Å². The molecule has 1 aromatic carbocycles. The highest BCUT2D eigenvalue weighted by Crippen LogP contribution is 2.36. The summed E-state index contributed by atoms with van der Waals surface area (Å²) in [5.41, 5.74) is 6.70. The van der Waals surface area contributed by atoms with Crippen LogP contribution in [0.25, 0.3) is 0 Å². The highest BCUT2D eigenvalue weighted by molar-refractivity contribution is 6.62. The standard InChI is InChI=1S/C23H35BN4O2/c1-9-28-15-20(14-25-28)26-27-21(16(2)3)17(4)18-11-10-12-19(13-18)24-29-22(5,6)23(7,8)30-24/h10-17,26H,9H2,1-8H3/b27-21+. The monoisotopic (exact) mass is 410 g/mol. The summed E-state index contributed by atoms with van der Waals surface area (Å²) >= 11 is 0. The van der Waals surface area contributed by atoms with Crippen molar-refractivity contribution in [3.8, 4) is 0 Å². The number of anilines is 1. The molecule has 1 atom stereocenters. The topological polar surface area (TPSA) is 60.7 Å². The zero-order chi connectivity index (χ0) is 22.1. The molecular formula is C23H35BN4O2. The van der Waals surface area contributed by atoms with Crippen molar-refractivity contribution in [1.29, 1.82) is 0 Å². The molecule has 3 rings (SSSR count). The number of hydrogen-bond donors (Lipinski definition) is 1. The van der Waals surface area contributed by atoms with Gasteiger partial charge in [0.05, 0.1) is 23.1 Å². The van der Waals surface area contributed by atoms with Gasteiger partial charge in [-0.1, -0.05) is 45.0 Å². The Morgan fingerprint density at radius 3 is 2.40 bits per heavy atom. The van der Waals surface area contributed by atoms with Crippen LogP contribution in [-0.2, 0) is 15.9 Å². The summed E-state index contributed by atoms with van der Waals surface area (Å²) < 4.78 is 14.4. The molecule has 0 aliphatic carbocycles. The molecule has 1 saturated heterocycles. The van der Waals surface area contributed by atoms with Gasteiger partial charge in [-0.2, -0.15) is 10.2 Å². The molecule has 2 heterocycles. The average Bonchev–Trinajstić information content (AvgIpc) is 3.23. The summed E-state index contributed by atoms with van der Waals surface area (Å²) in [6, 6.07) is 8.47. The maximum Gasteiger partial charge on any atom is 0.494 e. The van der Waals surface area contributed by atoms with E-state index in [0.29, 0.717) is 5.92 Å². The van der Waals surface area contributed by atoms with Crippen LogP contribution in [0.2, 0.25) is 0 Å². The summed E-state index contributed by atoms with van der Waals surface area (Å²) in [6.45, 7) is 17.8. The van der Waals surface area contributed by atoms with Gasteiger partial charge in [0.2, 0.25) is 0 Å². The van der Waals surface area contributed by atoms with Crippen molar-refractivity contribution < 1.29 is 9.31 Å². The third-order valence-electron chi connectivity index (χ3n) is 6.24. The molecule has 0 spiro atoms. The fourth-order valence-electron chi connectivity index (χ4n) is 3.57. The van der Waals surface area contributed by atoms with Crippen LogP contribution in [0, 0.1) is 5.92 Å². The van der Waals surface area contributed by atoms with E-state index in [1.807, 2.05) is 10.9 Å². The van der Waals surface area contributed by atoms with Crippen molar-refractivity contribution in [2.45, 2.75) is 79.1 Å². The van der Waals surface area contributed by atoms with E-state index in [-0.39, 0.29) is 24.2 Å². The zero-order valence-corrected chi connectivity index (χ0v) is 19.6. The molecule has 0 saturated carbocycles. The second-order valence-corrected chi connectivity index (χ2v) is 9.37. The molecule has 0 amide bonds. The van der Waals surface area contributed by atoms with E-state index in [1.165, 1.54) is 5.56 Å². The molecule has 0 bridgehead atoms. The Kier molecular flexibility index (Phi) is 6.44. The molecule has 6 nitrogen and oxygen atoms in total. The molecule has 162 valence electrons. The van der Waals surface area contributed by atoms with Gasteiger partial charge in [-0.3, -0.25) is 10.1 Å². The van der Waals surface area contributed by atoms with Crippen LogP contribution in [0.1, 0.15) is 66.9 Å². The fraction of sp³-hybridized carbons (Fsp3) is 0.565. The van der Waals surface area contributed by atoms with Crippen LogP contribution < -0.4 is 10.9 Å². The van der Waals surface area contributed by atoms with Crippen molar-refractivity contribution >= 4 is 24.0 Å². The van der Waals surface area contributed by atoms with Gasteiger partial charge >= 0.3 is 7.12 Å². The largest absolute Gasteiger partial charge is 0.494 e. The number of benzene rings is 1. The van der Waals surface area contributed by atoms with Gasteiger partial charge in [0.15, 0.2) is 0 Å². The third-order valence-corrected chi connectivity index (χ3v) is 6.24. The van der Waals surface area contributed by atoms with Gasteiger partial charge in [0.25, 0.3) is 0 Å². The predicted molar refractivity (Wildman–Crippen MR) is 124 cm³/mol. The lowest BCUT2D eigenvalue weighted by Gasteiger charge is -2.32. The summed E-state index contributed by atoms with van der Waals surface area (Å²) in [7, 11) is -0.361. The van der Waals surface area contributed by atoms with Gasteiger partial charge in [-0.15, -0.1) is 0 Å². The first-order valence-electron chi connectivity index (χ1n) is 10.9. The van der Waals surface area contributed by atoms with Gasteiger partial charge < -0.3 is 9.31 Å². The van der Waals surface area contributed by atoms with E-state index in [2.05, 4.69) is 90.2 Å². The Morgan fingerprint density at radius 2 is 1.83 bits per heavy atom. The predicted octanol–water partition coefficient (Wildman–Crippen LogP) is 4.43. The molecule has 1 aliphatic heterocycles. The Morgan fingerprint density at radius 1 is 1.17 bits per heavy atom. The molecule has 1 aliphatic rings. The Hall–Kier alpha value is -2.12. The van der Waals surface area contributed by atoms with E-state index in [1.54, 1.807) is 6.20 Å². The van der Waals surface area contributed by atoms with E-state index in [0.717, 1.165) is 23.4 Å². The quantitative estimate of drug-likeness (QED) is 0.417. The van der Waals surface area contributed by atoms with Gasteiger partial charge in [-0.25, -0.2) is 0 Å². The number of rotatable bonds is 7. The molecule has 1 fully saturated rings. The van der Waals surface area contributed by atoms with Crippen LogP contribution in [0.5, 0.6) is 0 Å². The first-order chi connectivity index (χ1) is 14.0. The molecule has 1 unspecified atom stereocenters. The Labute approximate surface area is 181 Å². The Balaban J connectivity index is 1.81. The summed E-state index contributed by atoms with van der Waals surface area (Å²) in [5.74, 6) is 0.454. The van der Waals surface area contributed by atoms with Gasteiger partial charge in [-0.05, 0) is 51.6 Å². The smallest absolute Gasteiger partial charge is 0.399 e. The van der Waals surface area contributed by atoms with E-state index in [4.69, 9.17) is 14.4 Å². The van der Waals surface area contributed by atoms with E-state index >= 15 is 0 Å². The van der Waals surface area contributed by atoms with Crippen LogP contribution in [-0.4, -0.2) is 33.8 Å². The lowest BCUT2D eigenvalue weighted by Crippen LogP contribution is -2.41. The summed E-state index contributed by atoms with van der Waals surface area (Å²) in [5, 5.41) is 9.04. The normalized spacial score (nSPS) is 19.4. The first-order valence-corrected chi connectivity index (χ1v) is 10.9. The molecular weight excluding hydrogens is 375 g/mol. The minimum absolute atomic E-state index is 0.154. The molecule has 30 heavy (non-hydrogen) atoms. The minimum atomic E-state index is -0.361. The average molecular weight is 410 g/mol. The highest BCUT2D eigenvalue weighted by atomic mass is 16.7. The van der Waals surface area contributed by atoms with Crippen molar-refractivity contribution in [3.05, 3.63) is 42.2 Å². The van der Waals surface area contributed by atoms with Gasteiger partial charge in [0.1, 0.15) is 0 Å². The number of nitrogens with zero attached hydrogens (tertiary/aromatic N) is 3. The second kappa shape index (κ2) is 8.56. The molecule has 7 heteroatoms. The third kappa shape index (κ3) is 4.62. The van der Waals surface area contributed by atoms with Crippen molar-refractivity contribution in [1.82, 2.24) is 9.78 Å². The van der Waals surface area contributed by atoms with E-state index in [9.17, 15) is 0 Å². The van der Waals surface area contributed by atoms with Crippen LogP contribution in [0.15, 0.2) is 41.8 Å². The number of aryl methyl sites for hydroxylation is 1. The van der Waals surface area contributed by atoms with E-state index < -0.39 is 0 Å². The lowest BCUT2D eigenvalue weighted by atomic mass is 9.76. The maximum atomic E-state index is 6.24. The molecule has 1 aromatic heterocycles. The SMILES string of the molecule is CCn1cc(N/N=C(\C(C)C)C(C)c2cccc(B3OC(C)(C)C(C)(C)O3)c2)cn1. The van der Waals surface area contributed by atoms with Gasteiger partial charge in [0, 0.05) is 24.4 Å². The van der Waals surface area contributed by atoms with Crippen LogP contribution in [0.3, 0.4) is 0 Å². The fourth-order valence-corrected chi connectivity index (χ4v) is 3.57. The first kappa shape index (κ1) is 22.6. The van der Waals surface area contributed by atoms with Crippen LogP contribution in [0.4, 0.5) is 5.69 Å². The lowest BCUT2D eigenvalue weighted by molar-refractivity contribution is 0.00578. The number of nitrogens with one attached hydrogen (secondary N) is 1. The highest BCUT2D eigenvalue weighted by Gasteiger charge is 2.51. The minimum Gasteiger partial charge on any atom is -0.399 e. The zero-order valence-electron chi connectivity index (χ0n) is 19.6. The molecule has 2 aromatic rings. The van der Waals surface area contributed by atoms with Crippen molar-refractivity contribution in [2.75, 3.05) is 5.43 Å². The number of hydrazone groups is 1. The summed E-state index contributed by atoms with van der Waals surface area (Å²) in [4.78, 5) is 0. The number of hydrogen-bond acceptors (Lipinski definition) is 5. The number of aromatic nitrogens is 2.